The molecule has 0 aromatic carbocycles. The van der Waals surface area contributed by atoms with Gasteiger partial charge in [-0.05, 0) is 37.1 Å². The van der Waals surface area contributed by atoms with Crippen molar-refractivity contribution >= 4 is 11.7 Å². The average Bonchev–Trinajstić information content (AvgIpc) is 3.28. The lowest BCUT2D eigenvalue weighted by Crippen LogP contribution is -2.43. The second-order valence-corrected chi connectivity index (χ2v) is 6.41. The molecule has 3 aromatic heterocycles. The van der Waals surface area contributed by atoms with Crippen molar-refractivity contribution in [1.82, 2.24) is 35.3 Å². The molecule has 9 heteroatoms. The Morgan fingerprint density at radius 3 is 2.81 bits per heavy atom. The number of pyridine rings is 1. The summed E-state index contributed by atoms with van der Waals surface area (Å²) in [5.74, 6) is 1.36. The van der Waals surface area contributed by atoms with Crippen LogP contribution in [0.25, 0.3) is 5.82 Å². The molecular formula is C18H20N8O. The van der Waals surface area contributed by atoms with E-state index in [1.54, 1.807) is 17.2 Å². The number of carbonyl (C=O) groups excluding carboxylic acids is 1. The average molecular weight is 364 g/mol. The highest BCUT2D eigenvalue weighted by Gasteiger charge is 2.26. The lowest BCUT2D eigenvalue weighted by molar-refractivity contribution is -0.125. The first kappa shape index (κ1) is 17.1. The van der Waals surface area contributed by atoms with Gasteiger partial charge in [-0.3, -0.25) is 9.78 Å². The first-order valence-corrected chi connectivity index (χ1v) is 8.91. The van der Waals surface area contributed by atoms with Crippen molar-refractivity contribution < 1.29 is 4.79 Å². The number of aromatic nitrogens is 6. The summed E-state index contributed by atoms with van der Waals surface area (Å²) in [5.41, 5.74) is 0.855. The fourth-order valence-corrected chi connectivity index (χ4v) is 3.16. The zero-order valence-electron chi connectivity index (χ0n) is 14.8. The van der Waals surface area contributed by atoms with Gasteiger partial charge in [0.1, 0.15) is 12.7 Å². The highest BCUT2D eigenvalue weighted by atomic mass is 16.1. The summed E-state index contributed by atoms with van der Waals surface area (Å²) >= 11 is 0. The van der Waals surface area contributed by atoms with Crippen molar-refractivity contribution in [3.05, 3.63) is 54.9 Å². The molecule has 0 unspecified atom stereocenters. The van der Waals surface area contributed by atoms with E-state index in [-0.39, 0.29) is 11.8 Å². The van der Waals surface area contributed by atoms with Crippen LogP contribution in [0.1, 0.15) is 18.5 Å². The van der Waals surface area contributed by atoms with Gasteiger partial charge in [-0.15, -0.1) is 10.2 Å². The van der Waals surface area contributed by atoms with E-state index in [9.17, 15) is 4.79 Å². The van der Waals surface area contributed by atoms with Gasteiger partial charge in [0.2, 0.25) is 5.91 Å². The minimum absolute atomic E-state index is 0.0533. The van der Waals surface area contributed by atoms with Crippen LogP contribution in [0.15, 0.2) is 49.2 Å². The van der Waals surface area contributed by atoms with Crippen LogP contribution < -0.4 is 10.2 Å². The fourth-order valence-electron chi connectivity index (χ4n) is 3.16. The molecule has 9 nitrogen and oxygen atoms in total. The zero-order chi connectivity index (χ0) is 18.5. The van der Waals surface area contributed by atoms with Gasteiger partial charge < -0.3 is 10.2 Å². The molecule has 0 radical (unpaired) electrons. The Bertz CT molecular complexity index is 866. The van der Waals surface area contributed by atoms with E-state index in [1.807, 2.05) is 30.3 Å². The van der Waals surface area contributed by atoms with Crippen LogP contribution in [0.5, 0.6) is 0 Å². The van der Waals surface area contributed by atoms with Crippen LogP contribution in [0.3, 0.4) is 0 Å². The van der Waals surface area contributed by atoms with Gasteiger partial charge in [-0.2, -0.15) is 5.10 Å². The van der Waals surface area contributed by atoms with Crippen LogP contribution in [0, 0.1) is 5.92 Å². The summed E-state index contributed by atoms with van der Waals surface area (Å²) in [6.07, 6.45) is 6.57. The standard InChI is InChI=1S/C18H20N8O/c27-18(21-10-15-5-1-2-8-20-15)14-4-3-9-25(11-14)16-6-7-17(24-23-16)26-13-19-12-22-26/h1-2,5-8,12-14H,3-4,9-11H2,(H,21,27)/t14-/m1/s1. The van der Waals surface area contributed by atoms with Gasteiger partial charge in [0, 0.05) is 19.3 Å². The molecule has 0 bridgehead atoms. The molecule has 138 valence electrons. The van der Waals surface area contributed by atoms with Crippen molar-refractivity contribution in [2.75, 3.05) is 18.0 Å². The Hall–Kier alpha value is -3.36. The molecule has 1 amide bonds. The minimum Gasteiger partial charge on any atom is -0.354 e. The van der Waals surface area contributed by atoms with Crippen LogP contribution in [0.2, 0.25) is 0 Å². The predicted molar refractivity (Wildman–Crippen MR) is 98.0 cm³/mol. The van der Waals surface area contributed by atoms with Gasteiger partial charge in [0.15, 0.2) is 11.6 Å². The summed E-state index contributed by atoms with van der Waals surface area (Å²) in [4.78, 5) is 22.8. The number of nitrogens with zero attached hydrogens (tertiary/aromatic N) is 7. The molecule has 0 spiro atoms. The highest BCUT2D eigenvalue weighted by Crippen LogP contribution is 2.21. The predicted octanol–water partition coefficient (Wildman–Crippen LogP) is 0.985. The molecule has 27 heavy (non-hydrogen) atoms. The Morgan fingerprint density at radius 2 is 2.07 bits per heavy atom. The summed E-state index contributed by atoms with van der Waals surface area (Å²) in [7, 11) is 0. The van der Waals surface area contributed by atoms with Gasteiger partial charge in [0.05, 0.1) is 18.2 Å². The number of nitrogens with one attached hydrogen (secondary N) is 1. The molecule has 0 aliphatic carbocycles. The molecule has 1 fully saturated rings. The van der Waals surface area contributed by atoms with Crippen molar-refractivity contribution in [3.8, 4) is 5.82 Å². The molecule has 4 heterocycles. The third-order valence-electron chi connectivity index (χ3n) is 4.58. The SMILES string of the molecule is O=C(NCc1ccccn1)[C@@H]1CCCN(c2ccc(-n3cncn3)nn2)C1. The number of amides is 1. The van der Waals surface area contributed by atoms with E-state index >= 15 is 0 Å². The van der Waals surface area contributed by atoms with Crippen molar-refractivity contribution in [3.63, 3.8) is 0 Å². The van der Waals surface area contributed by atoms with E-state index in [4.69, 9.17) is 0 Å². The second kappa shape index (κ2) is 7.90. The Balaban J connectivity index is 1.36. The smallest absolute Gasteiger partial charge is 0.225 e. The first-order chi connectivity index (χ1) is 13.3. The van der Waals surface area contributed by atoms with E-state index < -0.39 is 0 Å². The Kier molecular flexibility index (Phi) is 4.99. The van der Waals surface area contributed by atoms with Gasteiger partial charge in [-0.25, -0.2) is 9.67 Å². The number of hydrogen-bond donors (Lipinski definition) is 1. The van der Waals surface area contributed by atoms with Crippen LogP contribution >= 0.6 is 0 Å². The maximum Gasteiger partial charge on any atom is 0.225 e. The van der Waals surface area contributed by atoms with Gasteiger partial charge in [0.25, 0.3) is 0 Å². The summed E-state index contributed by atoms with van der Waals surface area (Å²) in [6.45, 7) is 1.94. The van der Waals surface area contributed by atoms with Crippen LogP contribution in [0.4, 0.5) is 5.82 Å². The van der Waals surface area contributed by atoms with Gasteiger partial charge in [-0.1, -0.05) is 6.07 Å². The number of carbonyl (C=O) groups is 1. The fraction of sp³-hybridized carbons (Fsp3) is 0.333. The number of piperidine rings is 1. The third kappa shape index (κ3) is 4.08. The normalized spacial score (nSPS) is 16.9. The van der Waals surface area contributed by atoms with E-state index in [0.717, 1.165) is 30.9 Å². The lowest BCUT2D eigenvalue weighted by atomic mass is 9.97. The third-order valence-corrected chi connectivity index (χ3v) is 4.58. The molecule has 1 N–H and O–H groups in total. The molecular weight excluding hydrogens is 344 g/mol. The van der Waals surface area contributed by atoms with Crippen molar-refractivity contribution in [1.29, 1.82) is 0 Å². The van der Waals surface area contributed by atoms with Gasteiger partial charge >= 0.3 is 0 Å². The molecule has 1 aliphatic rings. The number of hydrogen-bond acceptors (Lipinski definition) is 7. The van der Waals surface area contributed by atoms with Crippen molar-refractivity contribution in [2.45, 2.75) is 19.4 Å². The van der Waals surface area contributed by atoms with E-state index in [0.29, 0.717) is 18.9 Å². The number of anilines is 1. The molecule has 1 saturated heterocycles. The Morgan fingerprint density at radius 1 is 1.19 bits per heavy atom. The van der Waals surface area contributed by atoms with E-state index in [2.05, 4.69) is 35.5 Å². The lowest BCUT2D eigenvalue weighted by Gasteiger charge is -2.32. The molecule has 4 rings (SSSR count). The molecule has 0 saturated carbocycles. The van der Waals surface area contributed by atoms with E-state index in [1.165, 1.54) is 6.33 Å². The van der Waals surface area contributed by atoms with Crippen LogP contribution in [-0.2, 0) is 11.3 Å². The maximum absolute atomic E-state index is 12.5. The van der Waals surface area contributed by atoms with Crippen molar-refractivity contribution in [2.24, 2.45) is 5.92 Å². The summed E-state index contributed by atoms with van der Waals surface area (Å²) < 4.78 is 1.56. The molecule has 3 aromatic rings. The Labute approximate surface area is 156 Å². The monoisotopic (exact) mass is 364 g/mol. The zero-order valence-corrected chi connectivity index (χ0v) is 14.8. The quantitative estimate of drug-likeness (QED) is 0.720. The summed E-state index contributed by atoms with van der Waals surface area (Å²) in [5, 5.41) is 15.5. The molecule has 1 aliphatic heterocycles. The number of rotatable bonds is 5. The highest BCUT2D eigenvalue weighted by molar-refractivity contribution is 5.79. The minimum atomic E-state index is -0.0701. The van der Waals surface area contributed by atoms with Crippen LogP contribution in [-0.4, -0.2) is 48.9 Å². The maximum atomic E-state index is 12.5. The first-order valence-electron chi connectivity index (χ1n) is 8.91. The topological polar surface area (TPSA) is 102 Å². The second-order valence-electron chi connectivity index (χ2n) is 6.41. The largest absolute Gasteiger partial charge is 0.354 e. The molecule has 1 atom stereocenters. The summed E-state index contributed by atoms with van der Waals surface area (Å²) in [6, 6.07) is 9.43.